The summed E-state index contributed by atoms with van der Waals surface area (Å²) in [6, 6.07) is 6.86. The lowest BCUT2D eigenvalue weighted by Crippen LogP contribution is -2.37. The second-order valence-electron chi connectivity index (χ2n) is 4.89. The standard InChI is InChI=1S/C16H17N3O4/c1-18-10-11(15(21)19(2)16(18)22)4-9-14(20)17-12-5-7-13(23-3)8-6-12/h4-10H,1-3H3,(H,17,20)/b9-4+. The Morgan fingerprint density at radius 3 is 2.43 bits per heavy atom. The molecule has 0 radical (unpaired) electrons. The minimum atomic E-state index is -0.457. The zero-order valence-electron chi connectivity index (χ0n) is 13.1. The number of carbonyl (C=O) groups is 1. The van der Waals surface area contributed by atoms with Crippen molar-refractivity contribution in [3.63, 3.8) is 0 Å². The Bertz CT molecular complexity index is 860. The molecular weight excluding hydrogens is 298 g/mol. The Labute approximate surface area is 132 Å². The lowest BCUT2D eigenvalue weighted by Gasteiger charge is -2.04. The predicted molar refractivity (Wildman–Crippen MR) is 87.6 cm³/mol. The molecule has 0 saturated carbocycles. The molecule has 0 aliphatic rings. The fourth-order valence-electron chi connectivity index (χ4n) is 1.97. The molecule has 0 atom stereocenters. The van der Waals surface area contributed by atoms with Gasteiger partial charge < -0.3 is 14.6 Å². The molecule has 1 aromatic carbocycles. The fourth-order valence-corrected chi connectivity index (χ4v) is 1.97. The molecule has 2 aromatic rings. The summed E-state index contributed by atoms with van der Waals surface area (Å²) in [5.74, 6) is 0.304. The maximum absolute atomic E-state index is 11.9. The second kappa shape index (κ2) is 6.78. The Balaban J connectivity index is 2.15. The Morgan fingerprint density at radius 1 is 1.17 bits per heavy atom. The summed E-state index contributed by atoms with van der Waals surface area (Å²) in [5, 5.41) is 2.66. The van der Waals surface area contributed by atoms with Crippen molar-refractivity contribution in [1.29, 1.82) is 0 Å². The van der Waals surface area contributed by atoms with Crippen LogP contribution in [0.1, 0.15) is 5.56 Å². The van der Waals surface area contributed by atoms with E-state index in [9.17, 15) is 14.4 Å². The average molecular weight is 315 g/mol. The van der Waals surface area contributed by atoms with Gasteiger partial charge in [0, 0.05) is 32.1 Å². The van der Waals surface area contributed by atoms with E-state index in [1.54, 1.807) is 31.4 Å². The summed E-state index contributed by atoms with van der Waals surface area (Å²) in [4.78, 5) is 35.4. The van der Waals surface area contributed by atoms with E-state index in [1.165, 1.54) is 37.0 Å². The third-order valence-corrected chi connectivity index (χ3v) is 3.24. The van der Waals surface area contributed by atoms with Crippen molar-refractivity contribution in [2.24, 2.45) is 14.1 Å². The Kier molecular flexibility index (Phi) is 4.80. The van der Waals surface area contributed by atoms with E-state index >= 15 is 0 Å². The van der Waals surface area contributed by atoms with Gasteiger partial charge in [-0.05, 0) is 30.3 Å². The van der Waals surface area contributed by atoms with Gasteiger partial charge in [-0.3, -0.25) is 14.2 Å². The number of methoxy groups -OCH3 is 1. The Morgan fingerprint density at radius 2 is 1.83 bits per heavy atom. The summed E-state index contributed by atoms with van der Waals surface area (Å²) in [6.45, 7) is 0. The molecule has 0 fully saturated rings. The van der Waals surface area contributed by atoms with Gasteiger partial charge in [-0.2, -0.15) is 0 Å². The van der Waals surface area contributed by atoms with Crippen molar-refractivity contribution in [1.82, 2.24) is 9.13 Å². The van der Waals surface area contributed by atoms with Crippen LogP contribution in [-0.2, 0) is 18.9 Å². The number of nitrogens with one attached hydrogen (secondary N) is 1. The molecule has 0 spiro atoms. The minimum absolute atomic E-state index is 0.250. The van der Waals surface area contributed by atoms with Gasteiger partial charge >= 0.3 is 5.69 Å². The van der Waals surface area contributed by atoms with Gasteiger partial charge in [0.15, 0.2) is 0 Å². The van der Waals surface area contributed by atoms with Crippen LogP contribution in [0.4, 0.5) is 5.69 Å². The van der Waals surface area contributed by atoms with Crippen LogP contribution in [0.15, 0.2) is 46.1 Å². The van der Waals surface area contributed by atoms with Gasteiger partial charge in [-0.1, -0.05) is 0 Å². The SMILES string of the molecule is COc1ccc(NC(=O)/C=C/c2cn(C)c(=O)n(C)c2=O)cc1. The molecular formula is C16H17N3O4. The number of benzene rings is 1. The maximum Gasteiger partial charge on any atom is 0.330 e. The quantitative estimate of drug-likeness (QED) is 0.844. The first-order chi connectivity index (χ1) is 10.9. The number of ether oxygens (including phenoxy) is 1. The van der Waals surface area contributed by atoms with Crippen LogP contribution in [0.25, 0.3) is 6.08 Å². The topological polar surface area (TPSA) is 82.3 Å². The number of anilines is 1. The number of amides is 1. The number of hydrogen-bond donors (Lipinski definition) is 1. The van der Waals surface area contributed by atoms with Crippen LogP contribution in [0.2, 0.25) is 0 Å². The molecule has 120 valence electrons. The summed E-state index contributed by atoms with van der Waals surface area (Å²) in [7, 11) is 4.49. The van der Waals surface area contributed by atoms with E-state index in [0.29, 0.717) is 11.4 Å². The van der Waals surface area contributed by atoms with E-state index in [2.05, 4.69) is 5.32 Å². The average Bonchev–Trinajstić information content (AvgIpc) is 2.55. The van der Waals surface area contributed by atoms with Crippen molar-refractivity contribution in [2.45, 2.75) is 0 Å². The fraction of sp³-hybridized carbons (Fsp3) is 0.188. The van der Waals surface area contributed by atoms with Gasteiger partial charge in [0.25, 0.3) is 5.56 Å². The Hall–Kier alpha value is -3.09. The second-order valence-corrected chi connectivity index (χ2v) is 4.89. The van der Waals surface area contributed by atoms with Crippen LogP contribution in [-0.4, -0.2) is 22.2 Å². The van der Waals surface area contributed by atoms with Crippen LogP contribution >= 0.6 is 0 Å². The van der Waals surface area contributed by atoms with Crippen molar-refractivity contribution in [3.8, 4) is 5.75 Å². The number of hydrogen-bond acceptors (Lipinski definition) is 4. The highest BCUT2D eigenvalue weighted by Gasteiger charge is 2.05. The van der Waals surface area contributed by atoms with Crippen molar-refractivity contribution >= 4 is 17.7 Å². The number of carbonyl (C=O) groups excluding carboxylic acids is 1. The van der Waals surface area contributed by atoms with Gasteiger partial charge in [0.05, 0.1) is 12.7 Å². The molecule has 0 aliphatic heterocycles. The molecule has 7 nitrogen and oxygen atoms in total. The first-order valence-electron chi connectivity index (χ1n) is 6.82. The van der Waals surface area contributed by atoms with E-state index < -0.39 is 11.2 Å². The van der Waals surface area contributed by atoms with Crippen molar-refractivity contribution in [2.75, 3.05) is 12.4 Å². The monoisotopic (exact) mass is 315 g/mol. The number of aryl methyl sites for hydroxylation is 1. The molecule has 1 amide bonds. The summed E-state index contributed by atoms with van der Waals surface area (Å²) < 4.78 is 7.30. The molecule has 0 unspecified atom stereocenters. The smallest absolute Gasteiger partial charge is 0.330 e. The van der Waals surface area contributed by atoms with E-state index in [1.807, 2.05) is 0 Å². The molecule has 2 rings (SSSR count). The van der Waals surface area contributed by atoms with Gasteiger partial charge in [-0.25, -0.2) is 4.79 Å². The predicted octanol–water partition coefficient (Wildman–Crippen LogP) is 0.744. The third kappa shape index (κ3) is 3.76. The number of rotatable bonds is 4. The van der Waals surface area contributed by atoms with Crippen molar-refractivity contribution < 1.29 is 9.53 Å². The molecule has 0 saturated heterocycles. The molecule has 1 heterocycles. The van der Waals surface area contributed by atoms with Gasteiger partial charge in [-0.15, -0.1) is 0 Å². The highest BCUT2D eigenvalue weighted by Crippen LogP contribution is 2.14. The minimum Gasteiger partial charge on any atom is -0.497 e. The van der Waals surface area contributed by atoms with Crippen LogP contribution in [0.3, 0.4) is 0 Å². The summed E-state index contributed by atoms with van der Waals surface area (Å²) in [5.41, 5.74) is -0.0234. The highest BCUT2D eigenvalue weighted by atomic mass is 16.5. The van der Waals surface area contributed by atoms with Crippen LogP contribution in [0, 0.1) is 0 Å². The molecule has 7 heteroatoms. The highest BCUT2D eigenvalue weighted by molar-refractivity contribution is 6.01. The molecule has 0 aliphatic carbocycles. The van der Waals surface area contributed by atoms with Crippen LogP contribution in [0.5, 0.6) is 5.75 Å². The third-order valence-electron chi connectivity index (χ3n) is 3.24. The van der Waals surface area contributed by atoms with E-state index in [-0.39, 0.29) is 11.5 Å². The molecule has 1 N–H and O–H groups in total. The van der Waals surface area contributed by atoms with Gasteiger partial charge in [0.1, 0.15) is 5.75 Å². The summed E-state index contributed by atoms with van der Waals surface area (Å²) >= 11 is 0. The van der Waals surface area contributed by atoms with E-state index in [0.717, 1.165) is 4.57 Å². The van der Waals surface area contributed by atoms with Gasteiger partial charge in [0.2, 0.25) is 5.91 Å². The lowest BCUT2D eigenvalue weighted by molar-refractivity contribution is -0.111. The maximum atomic E-state index is 11.9. The van der Waals surface area contributed by atoms with E-state index in [4.69, 9.17) is 4.74 Å². The largest absolute Gasteiger partial charge is 0.497 e. The molecule has 1 aromatic heterocycles. The zero-order valence-corrected chi connectivity index (χ0v) is 13.1. The lowest BCUT2D eigenvalue weighted by atomic mass is 10.2. The van der Waals surface area contributed by atoms with Crippen LogP contribution < -0.4 is 21.3 Å². The molecule has 23 heavy (non-hydrogen) atoms. The zero-order chi connectivity index (χ0) is 17.0. The number of aromatic nitrogens is 2. The normalized spacial score (nSPS) is 10.7. The molecule has 0 bridgehead atoms. The summed E-state index contributed by atoms with van der Waals surface area (Å²) in [6.07, 6.45) is 4.01. The number of nitrogens with zero attached hydrogens (tertiary/aromatic N) is 2. The van der Waals surface area contributed by atoms with Crippen molar-refractivity contribution in [3.05, 3.63) is 62.9 Å². The first-order valence-corrected chi connectivity index (χ1v) is 6.82. The first kappa shape index (κ1) is 16.3.